The predicted octanol–water partition coefficient (Wildman–Crippen LogP) is 6.40. The van der Waals surface area contributed by atoms with Crippen LogP contribution in [0, 0.1) is 0 Å². The van der Waals surface area contributed by atoms with E-state index in [0.717, 1.165) is 34.8 Å². The zero-order chi connectivity index (χ0) is 35.8. The molecule has 0 saturated carbocycles. The second kappa shape index (κ2) is 15.8. The topological polar surface area (TPSA) is 43.0 Å². The second-order valence-electron chi connectivity index (χ2n) is 13.5. The maximum absolute atomic E-state index is 4.41. The Morgan fingerprint density at radius 1 is 0.596 bits per heavy atom. The molecular formula is C45H45BN6. The van der Waals surface area contributed by atoms with Crippen LogP contribution in [0.15, 0.2) is 183 Å². The smallest absolute Gasteiger partial charge is 0.249 e. The van der Waals surface area contributed by atoms with E-state index in [1.54, 1.807) is 0 Å². The third-order valence-electron chi connectivity index (χ3n) is 9.98. The molecule has 8 aromatic rings. The Morgan fingerprint density at radius 3 is 1.60 bits per heavy atom. The van der Waals surface area contributed by atoms with Crippen LogP contribution >= 0.6 is 0 Å². The van der Waals surface area contributed by atoms with Crippen molar-refractivity contribution in [1.29, 1.82) is 0 Å². The van der Waals surface area contributed by atoms with Crippen molar-refractivity contribution in [2.24, 2.45) is 0 Å². The fourth-order valence-corrected chi connectivity index (χ4v) is 7.33. The molecule has 3 aromatic heterocycles. The number of hydrogen-bond acceptors (Lipinski definition) is 3. The number of aromatic nitrogens is 5. The summed E-state index contributed by atoms with van der Waals surface area (Å²) in [7, 11) is 4.07. The first-order valence-corrected chi connectivity index (χ1v) is 18.2. The van der Waals surface area contributed by atoms with E-state index in [0.29, 0.717) is 0 Å². The molecule has 0 atom stereocenters. The van der Waals surface area contributed by atoms with Gasteiger partial charge >= 0.3 is 0 Å². The largest absolute Gasteiger partial charge is 0.378 e. The first-order chi connectivity index (χ1) is 25.6. The van der Waals surface area contributed by atoms with Gasteiger partial charge in [0.2, 0.25) is 6.33 Å². The Bertz CT molecular complexity index is 2140. The standard InChI is InChI=1S/C24H20B.C21H25N6/c1-5-13-21(14-6-1)25(22-15-7-2-8-16-22,23-17-9-3-10-18-23)24-19-11-4-12-20-24;1-4-5-13-25-14-19-7-6-8-21(26(19)16-25)20-15-27(23-22-20)18-11-9-17(10-12-18)24(2)3/h1-20H;6-12,14-16H,4-5,13H2,1-3H3/q-1;+1. The molecule has 258 valence electrons. The van der Waals surface area contributed by atoms with E-state index < -0.39 is 6.15 Å². The lowest BCUT2D eigenvalue weighted by Crippen LogP contribution is -2.74. The highest BCUT2D eigenvalue weighted by atomic mass is 15.4. The number of benzene rings is 5. The molecule has 0 aliphatic heterocycles. The monoisotopic (exact) mass is 680 g/mol. The quantitative estimate of drug-likeness (QED) is 0.124. The fraction of sp³-hybridized carbons (Fsp3) is 0.133. The van der Waals surface area contributed by atoms with Gasteiger partial charge in [-0.25, -0.2) is 9.25 Å². The lowest BCUT2D eigenvalue weighted by atomic mass is 9.13. The minimum Gasteiger partial charge on any atom is -0.378 e. The number of imidazole rings is 1. The second-order valence-corrected chi connectivity index (χ2v) is 13.5. The molecule has 0 amide bonds. The van der Waals surface area contributed by atoms with Crippen molar-refractivity contribution in [3.05, 3.63) is 183 Å². The molecule has 6 nitrogen and oxygen atoms in total. The number of nitrogens with zero attached hydrogens (tertiary/aromatic N) is 6. The number of aryl methyl sites for hydroxylation is 1. The van der Waals surface area contributed by atoms with Gasteiger partial charge in [0.05, 0.1) is 18.4 Å². The van der Waals surface area contributed by atoms with Gasteiger partial charge in [0.1, 0.15) is 12.3 Å². The summed E-state index contributed by atoms with van der Waals surface area (Å²) in [5, 5.41) is 8.75. The summed E-state index contributed by atoms with van der Waals surface area (Å²) < 4.78 is 6.24. The molecule has 0 aliphatic rings. The van der Waals surface area contributed by atoms with Crippen molar-refractivity contribution >= 4 is 39.2 Å². The molecule has 8 rings (SSSR count). The van der Waals surface area contributed by atoms with Gasteiger partial charge in [-0.15, -0.1) is 5.10 Å². The van der Waals surface area contributed by atoms with E-state index in [9.17, 15) is 0 Å². The van der Waals surface area contributed by atoms with Gasteiger partial charge in [-0.1, -0.05) is 146 Å². The van der Waals surface area contributed by atoms with Gasteiger partial charge in [0, 0.05) is 19.8 Å². The predicted molar refractivity (Wildman–Crippen MR) is 217 cm³/mol. The number of rotatable bonds is 10. The molecule has 0 bridgehead atoms. The molecular weight excluding hydrogens is 635 g/mol. The number of hydrogen-bond donors (Lipinski definition) is 0. The van der Waals surface area contributed by atoms with Crippen molar-refractivity contribution in [1.82, 2.24) is 19.6 Å². The minimum absolute atomic E-state index is 0.857. The summed E-state index contributed by atoms with van der Waals surface area (Å²) in [4.78, 5) is 2.08. The summed E-state index contributed by atoms with van der Waals surface area (Å²) >= 11 is 0. The van der Waals surface area contributed by atoms with Gasteiger partial charge < -0.3 is 4.90 Å². The molecule has 0 N–H and O–H groups in total. The Balaban J connectivity index is 0.000000162. The molecule has 0 aliphatic carbocycles. The minimum atomic E-state index is -1.22. The van der Waals surface area contributed by atoms with Crippen molar-refractivity contribution in [2.75, 3.05) is 19.0 Å². The molecule has 52 heavy (non-hydrogen) atoms. The highest BCUT2D eigenvalue weighted by molar-refractivity contribution is 7.19. The molecule has 0 unspecified atom stereocenters. The summed E-state index contributed by atoms with van der Waals surface area (Å²) in [5.74, 6) is 0. The molecule has 0 radical (unpaired) electrons. The van der Waals surface area contributed by atoms with Crippen molar-refractivity contribution < 1.29 is 4.40 Å². The maximum Gasteiger partial charge on any atom is 0.249 e. The van der Waals surface area contributed by atoms with E-state index in [-0.39, 0.29) is 0 Å². The fourth-order valence-electron chi connectivity index (χ4n) is 7.33. The van der Waals surface area contributed by atoms with Crippen LogP contribution < -0.4 is 31.2 Å². The first-order valence-electron chi connectivity index (χ1n) is 18.2. The van der Waals surface area contributed by atoms with E-state index >= 15 is 0 Å². The van der Waals surface area contributed by atoms with Gasteiger partial charge in [-0.05, 0) is 42.8 Å². The Morgan fingerprint density at radius 2 is 1.12 bits per heavy atom. The SMILES string of the molecule is CCCCn1cc2cccc(-c3cn(-c4ccc(N(C)C)cc4)nn3)[n+]2c1.c1ccc([B-](c2ccccc2)(c2ccccc2)c2ccccc2)cc1. The van der Waals surface area contributed by atoms with Crippen LogP contribution in [-0.4, -0.2) is 39.8 Å². The van der Waals surface area contributed by atoms with Crippen LogP contribution in [0.4, 0.5) is 5.69 Å². The Kier molecular flexibility index (Phi) is 10.4. The summed E-state index contributed by atoms with van der Waals surface area (Å²) in [5.41, 5.74) is 10.6. The van der Waals surface area contributed by atoms with Gasteiger partial charge in [-0.3, -0.25) is 0 Å². The number of pyridine rings is 1. The van der Waals surface area contributed by atoms with Crippen molar-refractivity contribution in [3.63, 3.8) is 0 Å². The first kappa shape index (κ1) is 34.3. The number of unbranched alkanes of at least 4 members (excludes halogenated alkanes) is 1. The lowest BCUT2D eigenvalue weighted by Gasteiger charge is -2.44. The Hall–Kier alpha value is -6.21. The normalized spacial score (nSPS) is 11.2. The average Bonchev–Trinajstić information content (AvgIpc) is 3.87. The molecule has 0 fully saturated rings. The highest BCUT2D eigenvalue weighted by Gasteiger charge is 2.31. The third kappa shape index (κ3) is 7.03. The van der Waals surface area contributed by atoms with Crippen LogP contribution in [0.2, 0.25) is 0 Å². The van der Waals surface area contributed by atoms with Crippen LogP contribution in [0.3, 0.4) is 0 Å². The van der Waals surface area contributed by atoms with Crippen LogP contribution in [0.1, 0.15) is 19.8 Å². The molecule has 5 aromatic carbocycles. The van der Waals surface area contributed by atoms with Crippen LogP contribution in [0.5, 0.6) is 0 Å². The Labute approximate surface area is 307 Å². The average molecular weight is 681 g/mol. The maximum atomic E-state index is 4.41. The number of fused-ring (bicyclic) bond motifs is 1. The highest BCUT2D eigenvalue weighted by Crippen LogP contribution is 2.18. The number of anilines is 1. The van der Waals surface area contributed by atoms with Crippen LogP contribution in [-0.2, 0) is 6.54 Å². The zero-order valence-electron chi connectivity index (χ0n) is 30.2. The van der Waals surface area contributed by atoms with Crippen molar-refractivity contribution in [3.8, 4) is 17.1 Å². The molecule has 0 spiro atoms. The zero-order valence-corrected chi connectivity index (χ0v) is 30.2. The van der Waals surface area contributed by atoms with Crippen molar-refractivity contribution in [2.45, 2.75) is 26.3 Å². The summed E-state index contributed by atoms with van der Waals surface area (Å²) in [6.45, 7) is 3.24. The van der Waals surface area contributed by atoms with E-state index in [1.165, 1.54) is 34.7 Å². The van der Waals surface area contributed by atoms with Crippen LogP contribution in [0.25, 0.3) is 22.6 Å². The summed E-state index contributed by atoms with van der Waals surface area (Å²) in [6.07, 6.45) is 7.46. The molecule has 7 heteroatoms. The van der Waals surface area contributed by atoms with E-state index in [1.807, 2.05) is 25.0 Å². The van der Waals surface area contributed by atoms with Gasteiger partial charge in [0.15, 0.2) is 16.9 Å². The molecule has 0 saturated heterocycles. The summed E-state index contributed by atoms with van der Waals surface area (Å²) in [6, 6.07) is 58.1. The van der Waals surface area contributed by atoms with E-state index in [2.05, 4.69) is 207 Å². The van der Waals surface area contributed by atoms with Gasteiger partial charge in [-0.2, -0.15) is 26.3 Å². The van der Waals surface area contributed by atoms with E-state index in [4.69, 9.17) is 0 Å². The molecule has 3 heterocycles. The van der Waals surface area contributed by atoms with Gasteiger partial charge in [0.25, 0.3) is 0 Å². The lowest BCUT2D eigenvalue weighted by molar-refractivity contribution is -0.500. The third-order valence-corrected chi connectivity index (χ3v) is 9.98.